The molecular formula is C20H24BrN3O2S. The summed E-state index contributed by atoms with van der Waals surface area (Å²) in [4.78, 5) is 24.1. The van der Waals surface area contributed by atoms with Gasteiger partial charge in [-0.3, -0.25) is 4.79 Å². The van der Waals surface area contributed by atoms with E-state index in [4.69, 9.17) is 4.74 Å². The maximum atomic E-state index is 12.6. The minimum Gasteiger partial charge on any atom is -0.466 e. The van der Waals surface area contributed by atoms with Gasteiger partial charge in [-0.1, -0.05) is 0 Å². The van der Waals surface area contributed by atoms with E-state index in [-0.39, 0.29) is 17.9 Å². The maximum absolute atomic E-state index is 12.6. The Morgan fingerprint density at radius 1 is 1.26 bits per heavy atom. The molecule has 0 unspecified atom stereocenters. The molecule has 0 amide bonds. The van der Waals surface area contributed by atoms with Gasteiger partial charge in [0.25, 0.3) is 0 Å². The molecule has 0 aliphatic heterocycles. The summed E-state index contributed by atoms with van der Waals surface area (Å²) < 4.78 is 5.96. The molecule has 0 radical (unpaired) electrons. The smallest absolute Gasteiger partial charge is 0.311 e. The summed E-state index contributed by atoms with van der Waals surface area (Å²) in [5, 5.41) is 3.58. The molecule has 144 valence electrons. The zero-order valence-corrected chi connectivity index (χ0v) is 18.0. The highest BCUT2D eigenvalue weighted by molar-refractivity contribution is 9.10. The first kappa shape index (κ1) is 18.9. The van der Waals surface area contributed by atoms with E-state index in [0.717, 1.165) is 29.2 Å². The van der Waals surface area contributed by atoms with Crippen molar-refractivity contribution in [3.8, 4) is 10.6 Å². The number of hydrogen-bond acceptors (Lipinski definition) is 6. The summed E-state index contributed by atoms with van der Waals surface area (Å²) in [5.41, 5.74) is 0.895. The first-order valence-corrected chi connectivity index (χ1v) is 11.2. The van der Waals surface area contributed by atoms with Crippen LogP contribution in [-0.2, 0) is 9.53 Å². The lowest BCUT2D eigenvalue weighted by Crippen LogP contribution is -2.52. The number of nitrogens with one attached hydrogen (secondary N) is 1. The summed E-state index contributed by atoms with van der Waals surface area (Å²) in [6.45, 7) is 4.39. The van der Waals surface area contributed by atoms with E-state index in [1.54, 1.807) is 11.3 Å². The van der Waals surface area contributed by atoms with Crippen molar-refractivity contribution in [2.45, 2.75) is 45.6 Å². The number of fused-ring (bicyclic) bond motifs is 3. The molecule has 0 spiro atoms. The van der Waals surface area contributed by atoms with Gasteiger partial charge in [-0.25, -0.2) is 9.97 Å². The monoisotopic (exact) mass is 449 g/mol. The Balaban J connectivity index is 1.62. The van der Waals surface area contributed by atoms with Gasteiger partial charge in [0.05, 0.1) is 23.1 Å². The minimum absolute atomic E-state index is 0.0633. The van der Waals surface area contributed by atoms with Gasteiger partial charge in [-0.05, 0) is 79.4 Å². The van der Waals surface area contributed by atoms with Crippen molar-refractivity contribution in [2.75, 3.05) is 11.9 Å². The van der Waals surface area contributed by atoms with Crippen LogP contribution < -0.4 is 5.32 Å². The number of esters is 1. The molecule has 3 fully saturated rings. The number of rotatable bonds is 5. The zero-order chi connectivity index (χ0) is 19.0. The van der Waals surface area contributed by atoms with Gasteiger partial charge in [-0.15, -0.1) is 11.3 Å². The highest BCUT2D eigenvalue weighted by Crippen LogP contribution is 2.46. The Morgan fingerprint density at radius 3 is 2.67 bits per heavy atom. The standard InChI is InChI=1S/C20H24BrN3O2S/c1-3-26-19(25)17-12-5-7-13(8-6-12)18(17)23-16-10-14(22-20(21)24-16)15-9-4-11(2)27-15/h4,9-10,12-13,17-18H,3,5-8H2,1-2H3,(H,22,23,24)/t12?,13?,17-,18-/m1/s1. The van der Waals surface area contributed by atoms with E-state index in [1.165, 1.54) is 17.7 Å². The normalized spacial score (nSPS) is 26.8. The maximum Gasteiger partial charge on any atom is 0.311 e. The minimum atomic E-state index is -0.0846. The fraction of sp³-hybridized carbons (Fsp3) is 0.550. The largest absolute Gasteiger partial charge is 0.466 e. The molecule has 27 heavy (non-hydrogen) atoms. The second-order valence-electron chi connectivity index (χ2n) is 7.44. The third kappa shape index (κ3) is 3.90. The lowest BCUT2D eigenvalue weighted by Gasteiger charge is -2.47. The molecule has 1 N–H and O–H groups in total. The van der Waals surface area contributed by atoms with Gasteiger partial charge < -0.3 is 10.1 Å². The summed E-state index contributed by atoms with van der Waals surface area (Å²) in [7, 11) is 0. The summed E-state index contributed by atoms with van der Waals surface area (Å²) in [6.07, 6.45) is 4.59. The fourth-order valence-corrected chi connectivity index (χ4v) is 5.81. The number of halogens is 1. The molecule has 2 atom stereocenters. The molecular weight excluding hydrogens is 426 g/mol. The zero-order valence-electron chi connectivity index (χ0n) is 15.6. The number of hydrogen-bond donors (Lipinski definition) is 1. The molecule has 3 aliphatic rings. The van der Waals surface area contributed by atoms with Gasteiger partial charge in [0, 0.05) is 17.0 Å². The molecule has 0 aromatic carbocycles. The van der Waals surface area contributed by atoms with Crippen LogP contribution in [0.2, 0.25) is 0 Å². The predicted molar refractivity (Wildman–Crippen MR) is 111 cm³/mol. The summed E-state index contributed by atoms with van der Waals surface area (Å²) >= 11 is 5.16. The lowest BCUT2D eigenvalue weighted by atomic mass is 9.61. The second kappa shape index (κ2) is 7.87. The fourth-order valence-electron chi connectivity index (χ4n) is 4.60. The topological polar surface area (TPSA) is 64.1 Å². The van der Waals surface area contributed by atoms with Gasteiger partial charge >= 0.3 is 5.97 Å². The SMILES string of the molecule is CCOC(=O)[C@@H]1C2CCC(CC2)[C@H]1Nc1cc(-c2ccc(C)s2)nc(Br)n1. The van der Waals surface area contributed by atoms with E-state index in [1.807, 2.05) is 13.0 Å². The van der Waals surface area contributed by atoms with Crippen molar-refractivity contribution >= 4 is 39.1 Å². The first-order chi connectivity index (χ1) is 13.0. The first-order valence-electron chi connectivity index (χ1n) is 9.59. The number of carbonyl (C=O) groups is 1. The molecule has 2 aromatic rings. The van der Waals surface area contributed by atoms with Crippen molar-refractivity contribution < 1.29 is 9.53 Å². The average molecular weight is 450 g/mol. The third-order valence-electron chi connectivity index (χ3n) is 5.78. The second-order valence-corrected chi connectivity index (χ2v) is 9.44. The van der Waals surface area contributed by atoms with Gasteiger partial charge in [0.15, 0.2) is 4.73 Å². The Morgan fingerprint density at radius 2 is 2.00 bits per heavy atom. The molecule has 7 heteroatoms. The van der Waals surface area contributed by atoms with Gasteiger partial charge in [0.1, 0.15) is 5.82 Å². The van der Waals surface area contributed by atoms with Crippen LogP contribution in [0.25, 0.3) is 10.6 Å². The van der Waals surface area contributed by atoms with Crippen LogP contribution in [-0.4, -0.2) is 28.6 Å². The quantitative estimate of drug-likeness (QED) is 0.510. The summed E-state index contributed by atoms with van der Waals surface area (Å²) in [5.74, 6) is 1.52. The number of thiophene rings is 1. The van der Waals surface area contributed by atoms with E-state index >= 15 is 0 Å². The number of carbonyl (C=O) groups excluding carboxylic acids is 1. The van der Waals surface area contributed by atoms with Crippen LogP contribution in [0.3, 0.4) is 0 Å². The Labute approximate surface area is 172 Å². The summed E-state index contributed by atoms with van der Waals surface area (Å²) in [6, 6.07) is 6.25. The molecule has 2 heterocycles. The van der Waals surface area contributed by atoms with Crippen LogP contribution in [0.1, 0.15) is 37.5 Å². The van der Waals surface area contributed by atoms with Crippen molar-refractivity contribution in [1.82, 2.24) is 9.97 Å². The van der Waals surface area contributed by atoms with Crippen LogP contribution in [0.15, 0.2) is 22.9 Å². The van der Waals surface area contributed by atoms with Gasteiger partial charge in [0.2, 0.25) is 0 Å². The van der Waals surface area contributed by atoms with E-state index in [2.05, 4.69) is 50.3 Å². The van der Waals surface area contributed by atoms with Crippen molar-refractivity contribution in [1.29, 1.82) is 0 Å². The molecule has 3 saturated carbocycles. The number of ether oxygens (including phenoxy) is 1. The molecule has 3 aliphatic carbocycles. The van der Waals surface area contributed by atoms with Crippen LogP contribution in [0, 0.1) is 24.7 Å². The highest BCUT2D eigenvalue weighted by Gasteiger charge is 2.48. The molecule has 2 bridgehead atoms. The van der Waals surface area contributed by atoms with Crippen molar-refractivity contribution in [3.05, 3.63) is 27.8 Å². The van der Waals surface area contributed by atoms with Crippen LogP contribution in [0.5, 0.6) is 0 Å². The molecule has 5 rings (SSSR count). The number of aryl methyl sites for hydroxylation is 1. The third-order valence-corrected chi connectivity index (χ3v) is 7.16. The van der Waals surface area contributed by atoms with E-state index < -0.39 is 0 Å². The predicted octanol–water partition coefficient (Wildman–Crippen LogP) is 5.06. The van der Waals surface area contributed by atoms with E-state index in [9.17, 15) is 4.79 Å². The Hall–Kier alpha value is -1.47. The van der Waals surface area contributed by atoms with Crippen molar-refractivity contribution in [3.63, 3.8) is 0 Å². The lowest BCUT2D eigenvalue weighted by molar-refractivity contribution is -0.154. The molecule has 0 saturated heterocycles. The highest BCUT2D eigenvalue weighted by atomic mass is 79.9. The van der Waals surface area contributed by atoms with Crippen molar-refractivity contribution in [2.24, 2.45) is 17.8 Å². The average Bonchev–Trinajstić information content (AvgIpc) is 3.09. The number of anilines is 1. The molecule has 2 aromatic heterocycles. The van der Waals surface area contributed by atoms with Crippen LogP contribution in [0.4, 0.5) is 5.82 Å². The van der Waals surface area contributed by atoms with Gasteiger partial charge in [-0.2, -0.15) is 0 Å². The van der Waals surface area contributed by atoms with Crippen LogP contribution >= 0.6 is 27.3 Å². The van der Waals surface area contributed by atoms with E-state index in [0.29, 0.717) is 23.2 Å². The molecule has 5 nitrogen and oxygen atoms in total. The number of nitrogens with zero attached hydrogens (tertiary/aromatic N) is 2. The Bertz CT molecular complexity index is 832. The Kier molecular flexibility index (Phi) is 5.50. The number of aromatic nitrogens is 2.